The van der Waals surface area contributed by atoms with Crippen molar-refractivity contribution in [3.63, 3.8) is 0 Å². The molecule has 5 heteroatoms. The van der Waals surface area contributed by atoms with Crippen molar-refractivity contribution >= 4 is 18.3 Å². The van der Waals surface area contributed by atoms with Crippen LogP contribution in [0.2, 0.25) is 0 Å². The van der Waals surface area contributed by atoms with Crippen molar-refractivity contribution in [3.8, 4) is 0 Å². The molecular weight excluding hydrogens is 276 g/mol. The number of hydrogen-bond acceptors (Lipinski definition) is 3. The summed E-state index contributed by atoms with van der Waals surface area (Å²) in [6.45, 7) is 3.71. The predicted molar refractivity (Wildman–Crippen MR) is 81.1 cm³/mol. The molecule has 0 aromatic rings. The van der Waals surface area contributed by atoms with Crippen molar-refractivity contribution in [2.24, 2.45) is 11.8 Å². The summed E-state index contributed by atoms with van der Waals surface area (Å²) >= 11 is 0. The Kier molecular flexibility index (Phi) is 5.32. The Hall–Kier alpha value is -0.320. The average Bonchev–Trinajstić information content (AvgIpc) is 3.33. The zero-order valence-electron chi connectivity index (χ0n) is 12.4. The van der Waals surface area contributed by atoms with Gasteiger partial charge in [0.05, 0.1) is 0 Å². The number of ether oxygens (including phenoxy) is 1. The van der Waals surface area contributed by atoms with Gasteiger partial charge in [0.15, 0.2) is 0 Å². The highest BCUT2D eigenvalue weighted by Crippen LogP contribution is 2.36. The highest BCUT2D eigenvalue weighted by molar-refractivity contribution is 5.86. The first-order chi connectivity index (χ1) is 9.23. The Balaban J connectivity index is 0.00000147. The number of carbonyl (C=O) groups is 1. The van der Waals surface area contributed by atoms with Crippen molar-refractivity contribution in [2.75, 3.05) is 33.3 Å². The second-order valence-electron chi connectivity index (χ2n) is 6.55. The molecule has 1 saturated heterocycles. The lowest BCUT2D eigenvalue weighted by Gasteiger charge is -2.39. The van der Waals surface area contributed by atoms with Gasteiger partial charge in [-0.1, -0.05) is 0 Å². The number of rotatable bonds is 6. The standard InChI is InChI=1S/C15H26N2O2.ClH/c1-19-15(6-8-16-9-7-15)14(18)17(10-12-2-3-12)11-13-4-5-13;/h12-13,16H,2-11H2,1H3;1H. The molecule has 20 heavy (non-hydrogen) atoms. The van der Waals surface area contributed by atoms with E-state index in [1.54, 1.807) is 7.11 Å². The molecule has 1 N–H and O–H groups in total. The van der Waals surface area contributed by atoms with Crippen LogP contribution in [0, 0.1) is 11.8 Å². The van der Waals surface area contributed by atoms with E-state index in [1.807, 2.05) is 0 Å². The van der Waals surface area contributed by atoms with Gasteiger partial charge in [-0.05, 0) is 63.5 Å². The number of nitrogens with zero attached hydrogens (tertiary/aromatic N) is 1. The Morgan fingerprint density at radius 1 is 1.15 bits per heavy atom. The van der Waals surface area contributed by atoms with E-state index in [0.29, 0.717) is 0 Å². The van der Waals surface area contributed by atoms with Crippen LogP contribution in [0.5, 0.6) is 0 Å². The van der Waals surface area contributed by atoms with Gasteiger partial charge in [0, 0.05) is 20.2 Å². The fourth-order valence-electron chi connectivity index (χ4n) is 3.09. The molecule has 0 aromatic heterocycles. The maximum absolute atomic E-state index is 13.0. The molecule has 0 bridgehead atoms. The first-order valence-electron chi connectivity index (χ1n) is 7.79. The zero-order chi connectivity index (χ0) is 13.3. The molecule has 1 aliphatic heterocycles. The monoisotopic (exact) mass is 302 g/mol. The lowest BCUT2D eigenvalue weighted by atomic mass is 9.90. The number of methoxy groups -OCH3 is 1. The molecule has 4 nitrogen and oxygen atoms in total. The molecule has 0 spiro atoms. The summed E-state index contributed by atoms with van der Waals surface area (Å²) in [7, 11) is 1.70. The van der Waals surface area contributed by atoms with E-state index in [-0.39, 0.29) is 18.3 Å². The van der Waals surface area contributed by atoms with Crippen molar-refractivity contribution in [3.05, 3.63) is 0 Å². The Morgan fingerprint density at radius 2 is 1.65 bits per heavy atom. The summed E-state index contributed by atoms with van der Waals surface area (Å²) in [5.41, 5.74) is -0.547. The van der Waals surface area contributed by atoms with Crippen LogP contribution in [0.4, 0.5) is 0 Å². The fourth-order valence-corrected chi connectivity index (χ4v) is 3.09. The molecule has 2 aliphatic carbocycles. The first kappa shape index (κ1) is 16.1. The van der Waals surface area contributed by atoms with Crippen LogP contribution in [-0.2, 0) is 9.53 Å². The first-order valence-corrected chi connectivity index (χ1v) is 7.79. The normalized spacial score (nSPS) is 24.9. The Bertz CT molecular complexity index is 323. The van der Waals surface area contributed by atoms with Gasteiger partial charge in [0.1, 0.15) is 5.60 Å². The van der Waals surface area contributed by atoms with E-state index in [2.05, 4.69) is 10.2 Å². The number of halogens is 1. The van der Waals surface area contributed by atoms with Gasteiger partial charge in [-0.3, -0.25) is 4.79 Å². The summed E-state index contributed by atoms with van der Waals surface area (Å²) in [5, 5.41) is 3.32. The quantitative estimate of drug-likeness (QED) is 0.814. The van der Waals surface area contributed by atoms with Crippen LogP contribution in [0.25, 0.3) is 0 Å². The van der Waals surface area contributed by atoms with Crippen molar-refractivity contribution in [1.82, 2.24) is 10.2 Å². The molecule has 3 rings (SSSR count). The predicted octanol–water partition coefficient (Wildman–Crippen LogP) is 1.83. The van der Waals surface area contributed by atoms with Gasteiger partial charge in [-0.15, -0.1) is 12.4 Å². The second-order valence-corrected chi connectivity index (χ2v) is 6.55. The van der Waals surface area contributed by atoms with Gasteiger partial charge in [-0.2, -0.15) is 0 Å². The lowest BCUT2D eigenvalue weighted by molar-refractivity contribution is -0.159. The van der Waals surface area contributed by atoms with E-state index < -0.39 is 5.60 Å². The van der Waals surface area contributed by atoms with Crippen LogP contribution in [-0.4, -0.2) is 49.7 Å². The smallest absolute Gasteiger partial charge is 0.254 e. The maximum atomic E-state index is 13.0. The third kappa shape index (κ3) is 3.66. The molecule has 0 unspecified atom stereocenters. The third-order valence-corrected chi connectivity index (χ3v) is 4.83. The number of amides is 1. The van der Waals surface area contributed by atoms with Gasteiger partial charge >= 0.3 is 0 Å². The van der Waals surface area contributed by atoms with E-state index >= 15 is 0 Å². The summed E-state index contributed by atoms with van der Waals surface area (Å²) < 4.78 is 5.69. The van der Waals surface area contributed by atoms with Crippen LogP contribution in [0.3, 0.4) is 0 Å². The third-order valence-electron chi connectivity index (χ3n) is 4.83. The SMILES string of the molecule is COC1(C(=O)N(CC2CC2)CC2CC2)CCNCC1.Cl. The number of nitrogens with one attached hydrogen (secondary N) is 1. The Labute approximate surface area is 128 Å². The molecule has 0 radical (unpaired) electrons. The van der Waals surface area contributed by atoms with Crippen LogP contribution >= 0.6 is 12.4 Å². The van der Waals surface area contributed by atoms with Crippen molar-refractivity contribution < 1.29 is 9.53 Å². The fraction of sp³-hybridized carbons (Fsp3) is 0.933. The topological polar surface area (TPSA) is 41.6 Å². The molecule has 116 valence electrons. The molecule has 0 aromatic carbocycles. The minimum atomic E-state index is -0.547. The van der Waals surface area contributed by atoms with Gasteiger partial charge < -0.3 is 15.0 Å². The highest BCUT2D eigenvalue weighted by atomic mass is 35.5. The molecule has 1 heterocycles. The van der Waals surface area contributed by atoms with E-state index in [4.69, 9.17) is 4.74 Å². The molecule has 3 aliphatic rings. The van der Waals surface area contributed by atoms with Crippen LogP contribution in [0.15, 0.2) is 0 Å². The largest absolute Gasteiger partial charge is 0.368 e. The van der Waals surface area contributed by atoms with E-state index in [1.165, 1.54) is 25.7 Å². The second kappa shape index (κ2) is 6.63. The molecule has 0 atom stereocenters. The zero-order valence-corrected chi connectivity index (χ0v) is 13.2. The number of carbonyl (C=O) groups excluding carboxylic acids is 1. The average molecular weight is 303 g/mol. The highest BCUT2D eigenvalue weighted by Gasteiger charge is 2.44. The van der Waals surface area contributed by atoms with Gasteiger partial charge in [0.25, 0.3) is 5.91 Å². The molecule has 1 amide bonds. The van der Waals surface area contributed by atoms with Crippen LogP contribution in [0.1, 0.15) is 38.5 Å². The minimum Gasteiger partial charge on any atom is -0.368 e. The van der Waals surface area contributed by atoms with Crippen molar-refractivity contribution in [1.29, 1.82) is 0 Å². The summed E-state index contributed by atoms with van der Waals surface area (Å²) in [6, 6.07) is 0. The number of hydrogen-bond donors (Lipinski definition) is 1. The lowest BCUT2D eigenvalue weighted by Crippen LogP contribution is -2.56. The summed E-state index contributed by atoms with van der Waals surface area (Å²) in [4.78, 5) is 15.1. The summed E-state index contributed by atoms with van der Waals surface area (Å²) in [5.74, 6) is 1.78. The van der Waals surface area contributed by atoms with Gasteiger partial charge in [0.2, 0.25) is 0 Å². The molecule has 3 fully saturated rings. The molecule has 2 saturated carbocycles. The molecular formula is C15H27ClN2O2. The van der Waals surface area contributed by atoms with E-state index in [0.717, 1.165) is 50.9 Å². The minimum absolute atomic E-state index is 0. The maximum Gasteiger partial charge on any atom is 0.254 e. The summed E-state index contributed by atoms with van der Waals surface area (Å²) in [6.07, 6.45) is 6.83. The number of piperidine rings is 1. The van der Waals surface area contributed by atoms with E-state index in [9.17, 15) is 4.79 Å². The Morgan fingerprint density at radius 3 is 2.05 bits per heavy atom. The van der Waals surface area contributed by atoms with Gasteiger partial charge in [-0.25, -0.2) is 0 Å². The van der Waals surface area contributed by atoms with Crippen molar-refractivity contribution in [2.45, 2.75) is 44.1 Å². The van der Waals surface area contributed by atoms with Crippen LogP contribution < -0.4 is 5.32 Å².